The van der Waals surface area contributed by atoms with Gasteiger partial charge in [-0.15, -0.1) is 0 Å². The van der Waals surface area contributed by atoms with Crippen LogP contribution in [0, 0.1) is 13.8 Å². The van der Waals surface area contributed by atoms with E-state index in [2.05, 4.69) is 15.4 Å². The summed E-state index contributed by atoms with van der Waals surface area (Å²) in [5, 5.41) is 8.08. The normalized spacial score (nSPS) is 15.6. The number of rotatable bonds is 3. The van der Waals surface area contributed by atoms with Crippen molar-refractivity contribution in [3.63, 3.8) is 0 Å². The predicted octanol–water partition coefficient (Wildman–Crippen LogP) is 1.78. The van der Waals surface area contributed by atoms with E-state index in [1.54, 1.807) is 4.57 Å². The Morgan fingerprint density at radius 1 is 1.38 bits per heavy atom. The second kappa shape index (κ2) is 5.70. The van der Waals surface area contributed by atoms with Gasteiger partial charge in [-0.25, -0.2) is 4.98 Å². The topological polar surface area (TPSA) is 81.3 Å². The zero-order valence-corrected chi connectivity index (χ0v) is 14.5. The summed E-state index contributed by atoms with van der Waals surface area (Å²) >= 11 is 1.38. The Labute approximate surface area is 142 Å². The number of hydrogen-bond acceptors (Lipinski definition) is 5. The van der Waals surface area contributed by atoms with Gasteiger partial charge in [0.25, 0.3) is 5.56 Å². The lowest BCUT2D eigenvalue weighted by molar-refractivity contribution is -0.122. The van der Waals surface area contributed by atoms with Gasteiger partial charge in [0.15, 0.2) is 0 Å². The zero-order valence-electron chi connectivity index (χ0n) is 13.7. The van der Waals surface area contributed by atoms with Crippen LogP contribution in [0.1, 0.15) is 36.4 Å². The lowest BCUT2D eigenvalue weighted by atomic mass is 10.2. The van der Waals surface area contributed by atoms with Gasteiger partial charge in [0.05, 0.1) is 5.52 Å². The molecule has 0 unspecified atom stereocenters. The third kappa shape index (κ3) is 2.50. The molecule has 8 heteroatoms. The van der Waals surface area contributed by atoms with E-state index in [4.69, 9.17) is 0 Å². The highest BCUT2D eigenvalue weighted by atomic mass is 32.1. The van der Waals surface area contributed by atoms with Crippen LogP contribution in [0.2, 0.25) is 0 Å². The van der Waals surface area contributed by atoms with Crippen LogP contribution in [0.15, 0.2) is 10.9 Å². The average Bonchev–Trinajstić information content (AvgIpc) is 3.20. The maximum Gasteiger partial charge on any atom is 0.299 e. The molecule has 1 N–H and O–H groups in total. The molecule has 126 valence electrons. The van der Waals surface area contributed by atoms with E-state index in [0.717, 1.165) is 23.5 Å². The van der Waals surface area contributed by atoms with Crippen LogP contribution in [0.5, 0.6) is 0 Å². The first-order valence-corrected chi connectivity index (χ1v) is 9.00. The van der Waals surface area contributed by atoms with Crippen molar-refractivity contribution >= 4 is 33.2 Å². The first-order valence-electron chi connectivity index (χ1n) is 8.18. The van der Waals surface area contributed by atoms with Crippen molar-refractivity contribution in [1.82, 2.24) is 24.5 Å². The largest absolute Gasteiger partial charge is 0.352 e. The molecular weight excluding hydrogens is 326 g/mol. The third-order valence-electron chi connectivity index (χ3n) is 4.58. The number of nitrogens with zero attached hydrogens (tertiary/aromatic N) is 4. The summed E-state index contributed by atoms with van der Waals surface area (Å²) in [6.45, 7) is 3.87. The quantitative estimate of drug-likeness (QED) is 0.784. The van der Waals surface area contributed by atoms with E-state index in [1.807, 2.05) is 19.9 Å². The molecule has 1 fully saturated rings. The predicted molar refractivity (Wildman–Crippen MR) is 92.5 cm³/mol. The van der Waals surface area contributed by atoms with E-state index in [1.165, 1.54) is 28.7 Å². The zero-order chi connectivity index (χ0) is 16.8. The van der Waals surface area contributed by atoms with Crippen LogP contribution in [0.25, 0.3) is 16.0 Å². The van der Waals surface area contributed by atoms with Crippen LogP contribution in [0.4, 0.5) is 0 Å². The summed E-state index contributed by atoms with van der Waals surface area (Å²) in [4.78, 5) is 30.2. The Morgan fingerprint density at radius 2 is 2.12 bits per heavy atom. The number of aryl methyl sites for hydroxylation is 2. The summed E-state index contributed by atoms with van der Waals surface area (Å²) in [5.41, 5.74) is 1.69. The molecule has 1 aliphatic rings. The first-order chi connectivity index (χ1) is 11.5. The highest BCUT2D eigenvalue weighted by Crippen LogP contribution is 2.19. The van der Waals surface area contributed by atoms with Crippen molar-refractivity contribution < 1.29 is 4.79 Å². The molecule has 1 amide bonds. The Morgan fingerprint density at radius 3 is 2.88 bits per heavy atom. The molecule has 0 spiro atoms. The molecule has 3 aromatic rings. The van der Waals surface area contributed by atoms with E-state index in [0.29, 0.717) is 16.0 Å². The minimum absolute atomic E-state index is 0.0542. The van der Waals surface area contributed by atoms with Gasteiger partial charge in [-0.3, -0.25) is 9.59 Å². The Balaban J connectivity index is 1.74. The molecule has 0 bridgehead atoms. The van der Waals surface area contributed by atoms with Gasteiger partial charge in [0.1, 0.15) is 17.1 Å². The minimum Gasteiger partial charge on any atom is -0.352 e. The van der Waals surface area contributed by atoms with E-state index < -0.39 is 0 Å². The second-order valence-electron chi connectivity index (χ2n) is 6.39. The summed E-state index contributed by atoms with van der Waals surface area (Å²) in [7, 11) is 0. The molecule has 0 saturated heterocycles. The number of carbonyl (C=O) groups is 1. The molecule has 4 rings (SSSR count). The highest BCUT2D eigenvalue weighted by Gasteiger charge is 2.20. The van der Waals surface area contributed by atoms with E-state index in [-0.39, 0.29) is 24.1 Å². The van der Waals surface area contributed by atoms with Crippen LogP contribution in [-0.4, -0.2) is 31.1 Å². The average molecular weight is 345 g/mol. The molecule has 0 atom stereocenters. The Kier molecular flexibility index (Phi) is 3.64. The first kappa shape index (κ1) is 15.3. The summed E-state index contributed by atoms with van der Waals surface area (Å²) in [6.07, 6.45) is 4.42. The van der Waals surface area contributed by atoms with Gasteiger partial charge in [-0.2, -0.15) is 9.61 Å². The summed E-state index contributed by atoms with van der Waals surface area (Å²) in [6, 6.07) is 2.13. The number of amides is 1. The molecule has 1 aliphatic carbocycles. The van der Waals surface area contributed by atoms with Crippen molar-refractivity contribution in [2.45, 2.75) is 52.1 Å². The maximum atomic E-state index is 12.8. The van der Waals surface area contributed by atoms with Crippen molar-refractivity contribution in [3.8, 4) is 0 Å². The molecule has 0 aromatic carbocycles. The van der Waals surface area contributed by atoms with Gasteiger partial charge in [0.2, 0.25) is 10.9 Å². The number of hydrogen-bond donors (Lipinski definition) is 1. The molecule has 0 aliphatic heterocycles. The smallest absolute Gasteiger partial charge is 0.299 e. The van der Waals surface area contributed by atoms with Crippen molar-refractivity contribution in [3.05, 3.63) is 27.1 Å². The molecule has 0 radical (unpaired) electrons. The van der Waals surface area contributed by atoms with E-state index >= 15 is 0 Å². The van der Waals surface area contributed by atoms with Crippen LogP contribution < -0.4 is 10.9 Å². The maximum absolute atomic E-state index is 12.8. The van der Waals surface area contributed by atoms with Crippen molar-refractivity contribution in [2.24, 2.45) is 0 Å². The molecule has 1 saturated carbocycles. The molecule has 3 aromatic heterocycles. The lowest BCUT2D eigenvalue weighted by Crippen LogP contribution is -2.35. The summed E-state index contributed by atoms with van der Waals surface area (Å²) in [5.74, 6) is -0.0542. The van der Waals surface area contributed by atoms with Gasteiger partial charge < -0.3 is 9.88 Å². The van der Waals surface area contributed by atoms with Crippen molar-refractivity contribution in [1.29, 1.82) is 0 Å². The fraction of sp³-hybridized carbons (Fsp3) is 0.500. The molecule has 7 nitrogen and oxygen atoms in total. The molecular formula is C16H19N5O2S. The van der Waals surface area contributed by atoms with Gasteiger partial charge in [-0.05, 0) is 32.8 Å². The minimum atomic E-state index is -0.221. The monoisotopic (exact) mass is 345 g/mol. The van der Waals surface area contributed by atoms with Gasteiger partial charge in [0, 0.05) is 11.7 Å². The van der Waals surface area contributed by atoms with Gasteiger partial charge in [-0.1, -0.05) is 24.2 Å². The SMILES string of the molecule is Cc1nn2c(=O)c3c(cc(C)n3CC(=O)NC3CCCC3)nc2s1. The van der Waals surface area contributed by atoms with Gasteiger partial charge >= 0.3 is 0 Å². The number of aromatic nitrogens is 4. The number of carbonyl (C=O) groups excluding carboxylic acids is 1. The van der Waals surface area contributed by atoms with Crippen LogP contribution in [-0.2, 0) is 11.3 Å². The van der Waals surface area contributed by atoms with Crippen LogP contribution >= 0.6 is 11.3 Å². The fourth-order valence-electron chi connectivity index (χ4n) is 3.45. The standard InChI is InChI=1S/C16H19N5O2S/c1-9-7-12-14(15(23)21-16(18-12)24-10(2)19-21)20(9)8-13(22)17-11-5-3-4-6-11/h7,11H,3-6,8H2,1-2H3,(H,17,22). The number of nitrogens with one attached hydrogen (secondary N) is 1. The second-order valence-corrected chi connectivity index (χ2v) is 7.55. The molecule has 24 heavy (non-hydrogen) atoms. The molecule has 3 heterocycles. The Hall–Kier alpha value is -2.22. The fourth-order valence-corrected chi connectivity index (χ4v) is 4.19. The highest BCUT2D eigenvalue weighted by molar-refractivity contribution is 7.16. The van der Waals surface area contributed by atoms with E-state index in [9.17, 15) is 9.59 Å². The third-order valence-corrected chi connectivity index (χ3v) is 5.40. The Bertz CT molecular complexity index is 993. The lowest BCUT2D eigenvalue weighted by Gasteiger charge is -2.13. The number of fused-ring (bicyclic) bond motifs is 2. The van der Waals surface area contributed by atoms with Crippen LogP contribution in [0.3, 0.4) is 0 Å². The van der Waals surface area contributed by atoms with Crippen molar-refractivity contribution in [2.75, 3.05) is 0 Å². The summed E-state index contributed by atoms with van der Waals surface area (Å²) < 4.78 is 3.07.